The van der Waals surface area contributed by atoms with Crippen LogP contribution in [0.15, 0.2) is 18.2 Å². The van der Waals surface area contributed by atoms with Crippen LogP contribution in [0.3, 0.4) is 0 Å². The van der Waals surface area contributed by atoms with Crippen LogP contribution in [-0.4, -0.2) is 27.3 Å². The molecule has 0 saturated heterocycles. The van der Waals surface area contributed by atoms with E-state index in [2.05, 4.69) is 10.0 Å². The van der Waals surface area contributed by atoms with Crippen molar-refractivity contribution in [2.75, 3.05) is 18.8 Å². The Morgan fingerprint density at radius 2 is 1.79 bits per heavy atom. The molecule has 19 heavy (non-hydrogen) atoms. The fraction of sp³-hybridized carbons (Fsp3) is 0.500. The maximum Gasteiger partial charge on any atom is 0.212 e. The molecular weight excluding hydrogens is 274 g/mol. The molecule has 1 rings (SSSR count). The van der Waals surface area contributed by atoms with Gasteiger partial charge in [-0.3, -0.25) is 0 Å². The third-order valence-corrected chi connectivity index (χ3v) is 4.04. The summed E-state index contributed by atoms with van der Waals surface area (Å²) in [4.78, 5) is 0. The maximum atomic E-state index is 13.0. The summed E-state index contributed by atoms with van der Waals surface area (Å²) in [6.07, 6.45) is 0. The van der Waals surface area contributed by atoms with E-state index in [9.17, 15) is 17.2 Å². The summed E-state index contributed by atoms with van der Waals surface area (Å²) in [7, 11) is -3.29. The highest BCUT2D eigenvalue weighted by molar-refractivity contribution is 7.89. The Hall–Kier alpha value is -1.05. The molecule has 7 heteroatoms. The first kappa shape index (κ1) is 16.0. The fourth-order valence-electron chi connectivity index (χ4n) is 1.64. The standard InChI is InChI=1S/C12H18F2N2O2S/c1-3-16-19(17,18)5-4-15-9(2)10-6-11(13)8-12(14)7-10/h6-9,15-16H,3-5H2,1-2H3. The Labute approximate surface area is 112 Å². The quantitative estimate of drug-likeness (QED) is 0.802. The molecule has 0 radical (unpaired) electrons. The first-order valence-corrected chi connectivity index (χ1v) is 7.66. The Kier molecular flexibility index (Phi) is 5.84. The van der Waals surface area contributed by atoms with Crippen molar-refractivity contribution in [3.05, 3.63) is 35.4 Å². The van der Waals surface area contributed by atoms with E-state index in [0.717, 1.165) is 6.07 Å². The zero-order valence-electron chi connectivity index (χ0n) is 10.9. The van der Waals surface area contributed by atoms with Crippen molar-refractivity contribution in [3.63, 3.8) is 0 Å². The van der Waals surface area contributed by atoms with Crippen molar-refractivity contribution in [3.8, 4) is 0 Å². The summed E-state index contributed by atoms with van der Waals surface area (Å²) in [6, 6.07) is 2.91. The average Bonchev–Trinajstić information content (AvgIpc) is 2.27. The summed E-state index contributed by atoms with van der Waals surface area (Å²) in [5, 5.41) is 2.92. The lowest BCUT2D eigenvalue weighted by Crippen LogP contribution is -2.32. The topological polar surface area (TPSA) is 58.2 Å². The predicted molar refractivity (Wildman–Crippen MR) is 70.2 cm³/mol. The molecule has 0 aromatic heterocycles. The van der Waals surface area contributed by atoms with Crippen LogP contribution in [0, 0.1) is 11.6 Å². The molecule has 1 aromatic carbocycles. The third-order valence-electron chi connectivity index (χ3n) is 2.57. The van der Waals surface area contributed by atoms with Crippen LogP contribution in [0.2, 0.25) is 0 Å². The highest BCUT2D eigenvalue weighted by atomic mass is 32.2. The number of rotatable bonds is 7. The highest BCUT2D eigenvalue weighted by Gasteiger charge is 2.11. The number of hydrogen-bond donors (Lipinski definition) is 2. The summed E-state index contributed by atoms with van der Waals surface area (Å²) in [5.41, 5.74) is 0.443. The SMILES string of the molecule is CCNS(=O)(=O)CCNC(C)c1cc(F)cc(F)c1. The van der Waals surface area contributed by atoms with Crippen LogP contribution in [0.5, 0.6) is 0 Å². The van der Waals surface area contributed by atoms with Crippen molar-refractivity contribution < 1.29 is 17.2 Å². The van der Waals surface area contributed by atoms with Crippen LogP contribution in [-0.2, 0) is 10.0 Å². The van der Waals surface area contributed by atoms with Crippen LogP contribution >= 0.6 is 0 Å². The molecule has 1 unspecified atom stereocenters. The van der Waals surface area contributed by atoms with Gasteiger partial charge in [0.2, 0.25) is 10.0 Å². The molecule has 0 saturated carbocycles. The molecule has 0 fully saturated rings. The minimum absolute atomic E-state index is 0.0804. The zero-order valence-corrected chi connectivity index (χ0v) is 11.7. The fourth-order valence-corrected chi connectivity index (χ4v) is 2.62. The minimum atomic E-state index is -3.29. The van der Waals surface area contributed by atoms with Gasteiger partial charge in [0.25, 0.3) is 0 Å². The Bertz CT molecular complexity index is 500. The summed E-state index contributed by atoms with van der Waals surface area (Å²) >= 11 is 0. The van der Waals surface area contributed by atoms with Gasteiger partial charge in [0, 0.05) is 25.2 Å². The van der Waals surface area contributed by atoms with Gasteiger partial charge in [-0.25, -0.2) is 21.9 Å². The van der Waals surface area contributed by atoms with E-state index in [1.165, 1.54) is 12.1 Å². The van der Waals surface area contributed by atoms with E-state index in [1.54, 1.807) is 13.8 Å². The Balaban J connectivity index is 2.54. The van der Waals surface area contributed by atoms with E-state index in [4.69, 9.17) is 0 Å². The maximum absolute atomic E-state index is 13.0. The second-order valence-corrected chi connectivity index (χ2v) is 6.12. The van der Waals surface area contributed by atoms with Crippen LogP contribution in [0.4, 0.5) is 8.78 Å². The van der Waals surface area contributed by atoms with Crippen LogP contribution in [0.25, 0.3) is 0 Å². The number of hydrogen-bond acceptors (Lipinski definition) is 3. The van der Waals surface area contributed by atoms with E-state index < -0.39 is 21.7 Å². The second-order valence-electron chi connectivity index (χ2n) is 4.20. The van der Waals surface area contributed by atoms with Crippen molar-refractivity contribution in [1.29, 1.82) is 0 Å². The molecule has 1 atom stereocenters. The average molecular weight is 292 g/mol. The molecule has 0 heterocycles. The largest absolute Gasteiger partial charge is 0.309 e. The normalized spacial score (nSPS) is 13.5. The molecule has 1 aromatic rings. The van der Waals surface area contributed by atoms with E-state index in [0.29, 0.717) is 12.1 Å². The predicted octanol–water partition coefficient (Wildman–Crippen LogP) is 1.55. The molecule has 2 N–H and O–H groups in total. The molecule has 0 spiro atoms. The molecule has 0 bridgehead atoms. The molecule has 0 aliphatic rings. The van der Waals surface area contributed by atoms with Gasteiger partial charge < -0.3 is 5.32 Å². The molecular formula is C12H18F2N2O2S. The van der Waals surface area contributed by atoms with Crippen molar-refractivity contribution in [2.45, 2.75) is 19.9 Å². The smallest absolute Gasteiger partial charge is 0.212 e. The highest BCUT2D eigenvalue weighted by Crippen LogP contribution is 2.15. The molecule has 4 nitrogen and oxygen atoms in total. The summed E-state index contributed by atoms with van der Waals surface area (Å²) in [6.45, 7) is 3.96. The Morgan fingerprint density at radius 1 is 1.21 bits per heavy atom. The lowest BCUT2D eigenvalue weighted by Gasteiger charge is -2.14. The van der Waals surface area contributed by atoms with E-state index in [1.807, 2.05) is 0 Å². The van der Waals surface area contributed by atoms with Gasteiger partial charge in [-0.2, -0.15) is 0 Å². The lowest BCUT2D eigenvalue weighted by atomic mass is 10.1. The van der Waals surface area contributed by atoms with Crippen molar-refractivity contribution >= 4 is 10.0 Å². The first-order valence-electron chi connectivity index (χ1n) is 6.01. The first-order chi connectivity index (χ1) is 8.84. The van der Waals surface area contributed by atoms with Gasteiger partial charge in [-0.1, -0.05) is 6.92 Å². The molecule has 0 amide bonds. The molecule has 0 aliphatic heterocycles. The van der Waals surface area contributed by atoms with E-state index in [-0.39, 0.29) is 18.3 Å². The third kappa shape index (κ3) is 5.63. The zero-order chi connectivity index (χ0) is 14.5. The second kappa shape index (κ2) is 6.93. The lowest BCUT2D eigenvalue weighted by molar-refractivity contribution is 0.547. The minimum Gasteiger partial charge on any atom is -0.309 e. The Morgan fingerprint density at radius 3 is 2.32 bits per heavy atom. The van der Waals surface area contributed by atoms with Gasteiger partial charge in [-0.05, 0) is 24.6 Å². The summed E-state index contributed by atoms with van der Waals surface area (Å²) < 4.78 is 51.2. The monoisotopic (exact) mass is 292 g/mol. The van der Waals surface area contributed by atoms with Gasteiger partial charge in [0.15, 0.2) is 0 Å². The van der Waals surface area contributed by atoms with Gasteiger partial charge in [0.05, 0.1) is 5.75 Å². The number of sulfonamides is 1. The van der Waals surface area contributed by atoms with Crippen LogP contribution < -0.4 is 10.0 Å². The summed E-state index contributed by atoms with van der Waals surface area (Å²) in [5.74, 6) is -1.38. The van der Waals surface area contributed by atoms with Crippen molar-refractivity contribution in [1.82, 2.24) is 10.0 Å². The molecule has 108 valence electrons. The van der Waals surface area contributed by atoms with Gasteiger partial charge >= 0.3 is 0 Å². The van der Waals surface area contributed by atoms with E-state index >= 15 is 0 Å². The number of halogens is 2. The number of nitrogens with one attached hydrogen (secondary N) is 2. The van der Waals surface area contributed by atoms with Crippen molar-refractivity contribution in [2.24, 2.45) is 0 Å². The molecule has 0 aliphatic carbocycles. The van der Waals surface area contributed by atoms with Crippen LogP contribution in [0.1, 0.15) is 25.5 Å². The van der Waals surface area contributed by atoms with Gasteiger partial charge in [0.1, 0.15) is 11.6 Å². The number of benzene rings is 1. The van der Waals surface area contributed by atoms with Gasteiger partial charge in [-0.15, -0.1) is 0 Å².